The first-order valence-corrected chi connectivity index (χ1v) is 7.48. The zero-order chi connectivity index (χ0) is 15.6. The highest BCUT2D eigenvalue weighted by molar-refractivity contribution is 5.33. The summed E-state index contributed by atoms with van der Waals surface area (Å²) in [6.07, 6.45) is 1.81. The average Bonchev–Trinajstić information content (AvgIpc) is 2.46. The molecule has 2 aromatic rings. The van der Waals surface area contributed by atoms with E-state index in [1.165, 1.54) is 5.56 Å². The average molecular weight is 284 g/mol. The predicted octanol–water partition coefficient (Wildman–Crippen LogP) is 3.60. The Hall–Kier alpha value is -1.87. The van der Waals surface area contributed by atoms with Gasteiger partial charge in [-0.15, -0.1) is 0 Å². The van der Waals surface area contributed by atoms with Crippen molar-refractivity contribution >= 4 is 0 Å². The number of nitrogens with two attached hydrogens (primary N) is 1. The highest BCUT2D eigenvalue weighted by Gasteiger charge is 2.15. The molecule has 0 spiro atoms. The first-order chi connectivity index (χ1) is 9.91. The molecule has 1 aromatic carbocycles. The smallest absolute Gasteiger partial charge is 0.255 e. The summed E-state index contributed by atoms with van der Waals surface area (Å²) in [5.41, 5.74) is 9.18. The van der Waals surface area contributed by atoms with Crippen molar-refractivity contribution in [2.24, 2.45) is 5.73 Å². The summed E-state index contributed by atoms with van der Waals surface area (Å²) in [5, 5.41) is 0. The summed E-state index contributed by atoms with van der Waals surface area (Å²) in [6, 6.07) is 11.7. The molecule has 1 heterocycles. The second-order valence-electron chi connectivity index (χ2n) is 6.07. The van der Waals surface area contributed by atoms with Crippen LogP contribution in [0.4, 0.5) is 0 Å². The molecule has 3 nitrogen and oxygen atoms in total. The lowest BCUT2D eigenvalue weighted by molar-refractivity contribution is 0.570. The standard InChI is InChI=1S/C18H24N2O/c1-12(2)14-7-9-15(10-8-14)17(19)16-6-5-11-20(13(3)4)18(16)21/h5-13,17H,19H2,1-4H3. The van der Waals surface area contributed by atoms with Gasteiger partial charge in [0.2, 0.25) is 0 Å². The first-order valence-electron chi connectivity index (χ1n) is 7.48. The summed E-state index contributed by atoms with van der Waals surface area (Å²) in [6.45, 7) is 8.31. The Kier molecular flexibility index (Phi) is 4.63. The minimum absolute atomic E-state index is 0.00654. The van der Waals surface area contributed by atoms with Crippen LogP contribution in [0.2, 0.25) is 0 Å². The second-order valence-corrected chi connectivity index (χ2v) is 6.07. The van der Waals surface area contributed by atoms with Gasteiger partial charge in [0.15, 0.2) is 0 Å². The molecule has 2 N–H and O–H groups in total. The molecule has 0 aliphatic carbocycles. The maximum absolute atomic E-state index is 12.5. The molecule has 0 amide bonds. The minimum atomic E-state index is -0.384. The fraction of sp³-hybridized carbons (Fsp3) is 0.389. The molecule has 1 unspecified atom stereocenters. The zero-order valence-electron chi connectivity index (χ0n) is 13.2. The summed E-state index contributed by atoms with van der Waals surface area (Å²) in [5.74, 6) is 0.491. The van der Waals surface area contributed by atoms with Crippen LogP contribution < -0.4 is 11.3 Å². The summed E-state index contributed by atoms with van der Waals surface area (Å²) >= 11 is 0. The zero-order valence-corrected chi connectivity index (χ0v) is 13.2. The van der Waals surface area contributed by atoms with Gasteiger partial charge in [-0.3, -0.25) is 4.79 Å². The van der Waals surface area contributed by atoms with E-state index in [0.29, 0.717) is 11.5 Å². The third-order valence-electron chi connectivity index (χ3n) is 3.86. The monoisotopic (exact) mass is 284 g/mol. The Morgan fingerprint density at radius 3 is 2.05 bits per heavy atom. The quantitative estimate of drug-likeness (QED) is 0.932. The van der Waals surface area contributed by atoms with Crippen molar-refractivity contribution in [3.8, 4) is 0 Å². The number of aromatic nitrogens is 1. The van der Waals surface area contributed by atoms with Crippen LogP contribution in [0.15, 0.2) is 47.4 Å². The number of pyridine rings is 1. The van der Waals surface area contributed by atoms with Gasteiger partial charge in [0, 0.05) is 17.8 Å². The van der Waals surface area contributed by atoms with Gasteiger partial charge in [0.25, 0.3) is 5.56 Å². The van der Waals surface area contributed by atoms with Gasteiger partial charge < -0.3 is 10.3 Å². The van der Waals surface area contributed by atoms with E-state index < -0.39 is 0 Å². The van der Waals surface area contributed by atoms with Crippen molar-refractivity contribution < 1.29 is 0 Å². The van der Waals surface area contributed by atoms with Gasteiger partial charge >= 0.3 is 0 Å². The Morgan fingerprint density at radius 1 is 0.952 bits per heavy atom. The van der Waals surface area contributed by atoms with Crippen molar-refractivity contribution in [3.05, 3.63) is 69.6 Å². The third kappa shape index (κ3) is 3.24. The molecule has 0 aliphatic heterocycles. The topological polar surface area (TPSA) is 48.0 Å². The molecular formula is C18H24N2O. The highest BCUT2D eigenvalue weighted by atomic mass is 16.1. The molecule has 0 radical (unpaired) electrons. The van der Waals surface area contributed by atoms with Crippen LogP contribution in [-0.4, -0.2) is 4.57 Å². The van der Waals surface area contributed by atoms with Crippen LogP contribution in [0.3, 0.4) is 0 Å². The number of hydrogen-bond donors (Lipinski definition) is 1. The highest BCUT2D eigenvalue weighted by Crippen LogP contribution is 2.20. The molecule has 0 saturated heterocycles. The maximum Gasteiger partial charge on any atom is 0.255 e. The molecule has 0 aliphatic rings. The van der Waals surface area contributed by atoms with E-state index in [4.69, 9.17) is 5.73 Å². The van der Waals surface area contributed by atoms with E-state index in [-0.39, 0.29) is 17.6 Å². The van der Waals surface area contributed by atoms with Crippen LogP contribution in [0, 0.1) is 0 Å². The normalized spacial score (nSPS) is 12.9. The van der Waals surface area contributed by atoms with Gasteiger partial charge in [0.05, 0.1) is 6.04 Å². The summed E-state index contributed by atoms with van der Waals surface area (Å²) in [7, 11) is 0. The maximum atomic E-state index is 12.5. The van der Waals surface area contributed by atoms with Gasteiger partial charge in [-0.05, 0) is 37.0 Å². The van der Waals surface area contributed by atoms with Crippen molar-refractivity contribution in [2.75, 3.05) is 0 Å². The first kappa shape index (κ1) is 15.5. The molecule has 112 valence electrons. The van der Waals surface area contributed by atoms with E-state index in [2.05, 4.69) is 26.0 Å². The lowest BCUT2D eigenvalue weighted by Gasteiger charge is -2.16. The van der Waals surface area contributed by atoms with Gasteiger partial charge in [-0.2, -0.15) is 0 Å². The molecule has 3 heteroatoms. The Balaban J connectivity index is 2.38. The lowest BCUT2D eigenvalue weighted by atomic mass is 9.96. The van der Waals surface area contributed by atoms with Crippen LogP contribution in [0.25, 0.3) is 0 Å². The van der Waals surface area contributed by atoms with Crippen LogP contribution in [0.5, 0.6) is 0 Å². The van der Waals surface area contributed by atoms with Gasteiger partial charge in [-0.25, -0.2) is 0 Å². The summed E-state index contributed by atoms with van der Waals surface area (Å²) < 4.78 is 1.72. The predicted molar refractivity (Wildman–Crippen MR) is 87.6 cm³/mol. The fourth-order valence-corrected chi connectivity index (χ4v) is 2.44. The molecule has 0 bridgehead atoms. The largest absolute Gasteiger partial charge is 0.320 e. The van der Waals surface area contributed by atoms with Crippen molar-refractivity contribution in [1.82, 2.24) is 4.57 Å². The second kappa shape index (κ2) is 6.27. The lowest BCUT2D eigenvalue weighted by Crippen LogP contribution is -2.29. The SMILES string of the molecule is CC(C)c1ccc(C(N)c2cccn(C(C)C)c2=O)cc1. The van der Waals surface area contributed by atoms with Crippen LogP contribution >= 0.6 is 0 Å². The molecule has 0 saturated carbocycles. The molecule has 1 atom stereocenters. The molecule has 0 fully saturated rings. The van der Waals surface area contributed by atoms with Gasteiger partial charge in [0.1, 0.15) is 0 Å². The van der Waals surface area contributed by atoms with Crippen molar-refractivity contribution in [3.63, 3.8) is 0 Å². The molecule has 21 heavy (non-hydrogen) atoms. The Bertz CT molecular complexity index is 654. The van der Waals surface area contributed by atoms with E-state index >= 15 is 0 Å². The third-order valence-corrected chi connectivity index (χ3v) is 3.86. The molecular weight excluding hydrogens is 260 g/mol. The Morgan fingerprint density at radius 2 is 1.52 bits per heavy atom. The number of benzene rings is 1. The van der Waals surface area contributed by atoms with Crippen LogP contribution in [0.1, 0.15) is 62.4 Å². The Labute approximate surface area is 126 Å². The molecule has 1 aromatic heterocycles. The number of hydrogen-bond acceptors (Lipinski definition) is 2. The number of rotatable bonds is 4. The van der Waals surface area contributed by atoms with E-state index in [9.17, 15) is 4.79 Å². The van der Waals surface area contributed by atoms with Crippen molar-refractivity contribution in [1.29, 1.82) is 0 Å². The van der Waals surface area contributed by atoms with Crippen molar-refractivity contribution in [2.45, 2.75) is 45.7 Å². The molecule has 2 rings (SSSR count). The number of nitrogens with zero attached hydrogens (tertiary/aromatic N) is 1. The summed E-state index contributed by atoms with van der Waals surface area (Å²) in [4.78, 5) is 12.5. The fourth-order valence-electron chi connectivity index (χ4n) is 2.44. The van der Waals surface area contributed by atoms with Gasteiger partial charge in [-0.1, -0.05) is 44.2 Å². The van der Waals surface area contributed by atoms with Crippen LogP contribution in [-0.2, 0) is 0 Å². The van der Waals surface area contributed by atoms with E-state index in [0.717, 1.165) is 5.56 Å². The van der Waals surface area contributed by atoms with E-state index in [1.807, 2.05) is 44.3 Å². The van der Waals surface area contributed by atoms with E-state index in [1.54, 1.807) is 4.57 Å². The minimum Gasteiger partial charge on any atom is -0.320 e.